The number of imidazole rings is 1. The van der Waals surface area contributed by atoms with Gasteiger partial charge in [0.25, 0.3) is 0 Å². The van der Waals surface area contributed by atoms with Gasteiger partial charge >= 0.3 is 12.0 Å². The summed E-state index contributed by atoms with van der Waals surface area (Å²) >= 11 is 0. The molecule has 0 aliphatic heterocycles. The number of likely N-dealkylation sites (N-methyl/N-ethyl adjacent to an activating group) is 1. The lowest BCUT2D eigenvalue weighted by molar-refractivity contribution is -0.137. The van der Waals surface area contributed by atoms with E-state index in [9.17, 15) is 19.2 Å². The van der Waals surface area contributed by atoms with Gasteiger partial charge in [-0.25, -0.2) is 9.78 Å². The molecule has 206 valence electrons. The Morgan fingerprint density at radius 3 is 2.49 bits per heavy atom. The van der Waals surface area contributed by atoms with Crippen LogP contribution in [0.3, 0.4) is 0 Å². The average Bonchev–Trinajstić information content (AvgIpc) is 3.33. The van der Waals surface area contributed by atoms with Gasteiger partial charge in [-0.2, -0.15) is 0 Å². The zero-order valence-corrected chi connectivity index (χ0v) is 22.2. The normalized spacial score (nSPS) is 11.3. The quantitative estimate of drug-likeness (QED) is 0.251. The number of nitrogens with zero attached hydrogens (tertiary/aromatic N) is 2. The second kappa shape index (κ2) is 13.1. The lowest BCUT2D eigenvalue weighted by atomic mass is 10.1. The van der Waals surface area contributed by atoms with E-state index in [2.05, 4.69) is 25.9 Å². The minimum Gasteiger partial charge on any atom is -0.495 e. The van der Waals surface area contributed by atoms with Crippen LogP contribution in [0.5, 0.6) is 5.75 Å². The number of nitrogens with one attached hydrogen (secondary N) is 4. The molecule has 4 amide bonds. The maximum Gasteiger partial charge on any atom is 0.323 e. The molecular weight excluding hydrogens is 504 g/mol. The number of aliphatic carboxylic acids is 1. The van der Waals surface area contributed by atoms with Crippen molar-refractivity contribution in [1.82, 2.24) is 20.2 Å². The van der Waals surface area contributed by atoms with Crippen molar-refractivity contribution in [3.8, 4) is 5.75 Å². The fourth-order valence-corrected chi connectivity index (χ4v) is 3.86. The van der Waals surface area contributed by atoms with Crippen molar-refractivity contribution in [1.29, 1.82) is 0 Å². The van der Waals surface area contributed by atoms with Crippen molar-refractivity contribution in [2.24, 2.45) is 0 Å². The van der Waals surface area contributed by atoms with Crippen molar-refractivity contribution < 1.29 is 29.0 Å². The van der Waals surface area contributed by atoms with E-state index in [0.717, 1.165) is 5.56 Å². The number of aromatic amines is 1. The van der Waals surface area contributed by atoms with Gasteiger partial charge in [0.05, 0.1) is 50.1 Å². The smallest absolute Gasteiger partial charge is 0.323 e. The first-order valence-electron chi connectivity index (χ1n) is 12.1. The van der Waals surface area contributed by atoms with Crippen LogP contribution in [0.1, 0.15) is 42.0 Å². The molecule has 0 aliphatic carbocycles. The molecule has 1 heterocycles. The summed E-state index contributed by atoms with van der Waals surface area (Å²) in [7, 11) is 3.10. The van der Waals surface area contributed by atoms with E-state index in [1.807, 2.05) is 25.1 Å². The number of aromatic nitrogens is 2. The topological polar surface area (TPSA) is 166 Å². The molecule has 1 aromatic heterocycles. The molecular formula is C27H32N6O6. The minimum absolute atomic E-state index is 0.0731. The van der Waals surface area contributed by atoms with Gasteiger partial charge in [0, 0.05) is 19.7 Å². The average molecular weight is 537 g/mol. The molecule has 2 aromatic carbocycles. The van der Waals surface area contributed by atoms with Gasteiger partial charge < -0.3 is 35.7 Å². The van der Waals surface area contributed by atoms with Crippen LogP contribution < -0.4 is 20.7 Å². The zero-order chi connectivity index (χ0) is 28.5. The minimum atomic E-state index is -1.07. The zero-order valence-electron chi connectivity index (χ0n) is 22.2. The Morgan fingerprint density at radius 2 is 1.82 bits per heavy atom. The molecule has 1 unspecified atom stereocenters. The Balaban J connectivity index is 1.61. The summed E-state index contributed by atoms with van der Waals surface area (Å²) in [5.41, 5.74) is 3.18. The SMILES string of the molecule is COc1cc(CC(=O)N(C)Cc2ncc(C(CC(=O)O)NC(C)=O)[nH]2)ccc1NC(=O)Nc1ccccc1C. The van der Waals surface area contributed by atoms with E-state index in [0.29, 0.717) is 34.2 Å². The second-order valence-corrected chi connectivity index (χ2v) is 8.99. The van der Waals surface area contributed by atoms with Crippen LogP contribution in [0.2, 0.25) is 0 Å². The van der Waals surface area contributed by atoms with Crippen molar-refractivity contribution in [3.63, 3.8) is 0 Å². The van der Waals surface area contributed by atoms with Crippen LogP contribution in [-0.2, 0) is 27.3 Å². The van der Waals surface area contributed by atoms with E-state index in [4.69, 9.17) is 9.84 Å². The Kier molecular flexibility index (Phi) is 9.63. The van der Waals surface area contributed by atoms with Gasteiger partial charge in [-0.3, -0.25) is 14.4 Å². The molecule has 0 fully saturated rings. The van der Waals surface area contributed by atoms with Gasteiger partial charge in [-0.1, -0.05) is 24.3 Å². The molecule has 5 N–H and O–H groups in total. The van der Waals surface area contributed by atoms with Crippen molar-refractivity contribution in [2.75, 3.05) is 24.8 Å². The number of hydrogen-bond acceptors (Lipinski definition) is 6. The van der Waals surface area contributed by atoms with Crippen LogP contribution in [0.4, 0.5) is 16.2 Å². The second-order valence-electron chi connectivity index (χ2n) is 8.99. The predicted molar refractivity (Wildman–Crippen MR) is 144 cm³/mol. The lowest BCUT2D eigenvalue weighted by Gasteiger charge is -2.17. The molecule has 0 saturated heterocycles. The molecule has 0 radical (unpaired) electrons. The lowest BCUT2D eigenvalue weighted by Crippen LogP contribution is -2.29. The fourth-order valence-electron chi connectivity index (χ4n) is 3.86. The number of rotatable bonds is 11. The first kappa shape index (κ1) is 28.7. The van der Waals surface area contributed by atoms with Crippen molar-refractivity contribution >= 4 is 35.2 Å². The van der Waals surface area contributed by atoms with Gasteiger partial charge in [0.2, 0.25) is 11.8 Å². The van der Waals surface area contributed by atoms with Crippen LogP contribution in [-0.4, -0.2) is 57.9 Å². The number of carboxylic acids is 1. The molecule has 0 aliphatic rings. The number of amides is 4. The Bertz CT molecular complexity index is 1340. The first-order valence-corrected chi connectivity index (χ1v) is 12.1. The summed E-state index contributed by atoms with van der Waals surface area (Å²) in [6.45, 7) is 3.34. The highest BCUT2D eigenvalue weighted by Crippen LogP contribution is 2.26. The highest BCUT2D eigenvalue weighted by molar-refractivity contribution is 6.01. The molecule has 3 aromatic rings. The van der Waals surface area contributed by atoms with Gasteiger partial charge in [-0.15, -0.1) is 0 Å². The number of ether oxygens (including phenoxy) is 1. The number of carbonyl (C=O) groups is 4. The summed E-state index contributed by atoms with van der Waals surface area (Å²) in [4.78, 5) is 56.6. The third kappa shape index (κ3) is 8.32. The first-order chi connectivity index (χ1) is 18.5. The molecule has 39 heavy (non-hydrogen) atoms. The van der Waals surface area contributed by atoms with Crippen molar-refractivity contribution in [3.05, 3.63) is 71.3 Å². The summed E-state index contributed by atoms with van der Waals surface area (Å²) < 4.78 is 5.42. The summed E-state index contributed by atoms with van der Waals surface area (Å²) in [6, 6.07) is 11.3. The molecule has 0 spiro atoms. The number of methoxy groups -OCH3 is 1. The van der Waals surface area contributed by atoms with E-state index >= 15 is 0 Å². The van der Waals surface area contributed by atoms with Gasteiger partial charge in [-0.05, 0) is 36.2 Å². The number of anilines is 2. The van der Waals surface area contributed by atoms with Crippen LogP contribution in [0.15, 0.2) is 48.7 Å². The molecule has 0 saturated carbocycles. The number of carboxylic acid groups (broad SMARTS) is 1. The molecule has 1 atom stereocenters. The Morgan fingerprint density at radius 1 is 1.10 bits per heavy atom. The fraction of sp³-hybridized carbons (Fsp3) is 0.296. The number of para-hydroxylation sites is 1. The molecule has 12 nitrogen and oxygen atoms in total. The van der Waals surface area contributed by atoms with Crippen LogP contribution in [0.25, 0.3) is 0 Å². The molecule has 0 bridgehead atoms. The van der Waals surface area contributed by atoms with E-state index in [1.165, 1.54) is 25.1 Å². The molecule has 3 rings (SSSR count). The van der Waals surface area contributed by atoms with Crippen LogP contribution >= 0.6 is 0 Å². The molecule has 12 heteroatoms. The highest BCUT2D eigenvalue weighted by atomic mass is 16.5. The van der Waals surface area contributed by atoms with E-state index in [1.54, 1.807) is 31.3 Å². The Hall–Kier alpha value is -4.87. The number of H-pyrrole nitrogens is 1. The number of benzene rings is 2. The predicted octanol–water partition coefficient (Wildman–Crippen LogP) is 3.22. The van der Waals surface area contributed by atoms with Gasteiger partial charge in [0.15, 0.2) is 0 Å². The van der Waals surface area contributed by atoms with Crippen LogP contribution in [0, 0.1) is 6.92 Å². The number of carbonyl (C=O) groups excluding carboxylic acids is 3. The highest BCUT2D eigenvalue weighted by Gasteiger charge is 2.20. The largest absolute Gasteiger partial charge is 0.495 e. The van der Waals surface area contributed by atoms with Gasteiger partial charge in [0.1, 0.15) is 11.6 Å². The standard InChI is InChI=1S/C27H32N6O6/c1-16-7-5-6-8-19(16)31-27(38)32-20-10-9-18(11-23(20)39-4)12-25(35)33(3)15-24-28-14-22(30-24)21(13-26(36)37)29-17(2)34/h5-11,14,21H,12-13,15H2,1-4H3,(H,28,30)(H,29,34)(H,36,37)(H2,31,32,38). The van der Waals surface area contributed by atoms with Crippen molar-refractivity contribution in [2.45, 2.75) is 39.3 Å². The third-order valence-corrected chi connectivity index (χ3v) is 5.86. The number of urea groups is 1. The maximum absolute atomic E-state index is 12.9. The number of hydrogen-bond donors (Lipinski definition) is 5. The number of aryl methyl sites for hydroxylation is 1. The van der Waals surface area contributed by atoms with E-state index in [-0.39, 0.29) is 31.2 Å². The summed E-state index contributed by atoms with van der Waals surface area (Å²) in [5.74, 6) is -0.787. The Labute approximate surface area is 225 Å². The summed E-state index contributed by atoms with van der Waals surface area (Å²) in [6.07, 6.45) is 1.21. The van der Waals surface area contributed by atoms with E-state index < -0.39 is 18.0 Å². The third-order valence-electron chi connectivity index (χ3n) is 5.86. The summed E-state index contributed by atoms with van der Waals surface area (Å²) in [5, 5.41) is 17.3. The maximum atomic E-state index is 12.9. The monoisotopic (exact) mass is 536 g/mol.